The molecule has 0 saturated carbocycles. The molecule has 0 unspecified atom stereocenters. The van der Waals surface area contributed by atoms with E-state index in [1.807, 2.05) is 0 Å². The van der Waals surface area contributed by atoms with E-state index in [-0.39, 0.29) is 10.5 Å². The van der Waals surface area contributed by atoms with Gasteiger partial charge in [0.1, 0.15) is 0 Å². The number of esters is 2. The number of carbonyl (C=O) groups excluding carboxylic acids is 2. The minimum atomic E-state index is -3.82. The molecule has 0 atom stereocenters. The molecule has 1 aromatic carbocycles. The van der Waals surface area contributed by atoms with Crippen LogP contribution in [0.4, 0.5) is 5.13 Å². The highest BCUT2D eigenvalue weighted by Crippen LogP contribution is 2.28. The molecule has 9 nitrogen and oxygen atoms in total. The Hall–Kier alpha value is -2.50. The molecule has 0 amide bonds. The van der Waals surface area contributed by atoms with Crippen LogP contribution in [0.3, 0.4) is 0 Å². The first-order valence-electron chi connectivity index (χ1n) is 6.92. The average molecular weight is 383 g/mol. The highest BCUT2D eigenvalue weighted by atomic mass is 32.2. The van der Waals surface area contributed by atoms with Gasteiger partial charge < -0.3 is 14.8 Å². The van der Waals surface area contributed by atoms with E-state index in [0.29, 0.717) is 15.3 Å². The molecule has 1 aliphatic heterocycles. The standard InChI is InChI=1S/C14H13N3O6S2/c1-14(2)22-11(18)8(12(19)23-14)6-16-13-17-9-4-3-7(25(15,20)21)5-10(9)24-13/h3-6H,1-2H3,(H,16,17)(H2,15,20,21). The van der Waals surface area contributed by atoms with Crippen LogP contribution in [0.5, 0.6) is 0 Å². The molecule has 0 spiro atoms. The smallest absolute Gasteiger partial charge is 0.350 e. The van der Waals surface area contributed by atoms with E-state index in [1.54, 1.807) is 0 Å². The minimum Gasteiger partial charge on any atom is -0.419 e. The zero-order valence-electron chi connectivity index (χ0n) is 13.1. The summed E-state index contributed by atoms with van der Waals surface area (Å²) in [7, 11) is -3.82. The number of nitrogens with one attached hydrogen (secondary N) is 1. The van der Waals surface area contributed by atoms with Gasteiger partial charge in [-0.3, -0.25) is 0 Å². The summed E-state index contributed by atoms with van der Waals surface area (Å²) in [5, 5.41) is 8.15. The second-order valence-corrected chi connectivity index (χ2v) is 8.17. The predicted molar refractivity (Wildman–Crippen MR) is 89.0 cm³/mol. The molecule has 0 bridgehead atoms. The summed E-state index contributed by atoms with van der Waals surface area (Å²) in [6, 6.07) is 4.25. The van der Waals surface area contributed by atoms with Crippen LogP contribution in [0.15, 0.2) is 34.9 Å². The van der Waals surface area contributed by atoms with E-state index in [1.165, 1.54) is 32.0 Å². The summed E-state index contributed by atoms with van der Waals surface area (Å²) in [5.74, 6) is -2.94. The van der Waals surface area contributed by atoms with Crippen LogP contribution in [0, 0.1) is 0 Å². The maximum absolute atomic E-state index is 11.8. The van der Waals surface area contributed by atoms with Gasteiger partial charge in [0, 0.05) is 20.0 Å². The maximum Gasteiger partial charge on any atom is 0.350 e. The van der Waals surface area contributed by atoms with Crippen molar-refractivity contribution in [2.75, 3.05) is 5.32 Å². The number of aromatic nitrogens is 1. The Morgan fingerprint density at radius 3 is 2.48 bits per heavy atom. The number of benzene rings is 1. The SMILES string of the molecule is CC1(C)OC(=O)C(=CNc2nc3ccc(S(N)(=O)=O)cc3s2)C(=O)O1. The second kappa shape index (κ2) is 5.79. The minimum absolute atomic E-state index is 0.0322. The Morgan fingerprint density at radius 2 is 1.88 bits per heavy atom. The van der Waals surface area contributed by atoms with Gasteiger partial charge in [0.05, 0.1) is 15.1 Å². The molecular weight excluding hydrogens is 370 g/mol. The third-order valence-electron chi connectivity index (χ3n) is 3.15. The zero-order valence-corrected chi connectivity index (χ0v) is 14.7. The Morgan fingerprint density at radius 1 is 1.24 bits per heavy atom. The number of hydrogen-bond donors (Lipinski definition) is 2. The number of anilines is 1. The second-order valence-electron chi connectivity index (χ2n) is 5.57. The molecule has 1 fully saturated rings. The van der Waals surface area contributed by atoms with Gasteiger partial charge in [-0.25, -0.2) is 28.1 Å². The van der Waals surface area contributed by atoms with Gasteiger partial charge in [-0.15, -0.1) is 0 Å². The van der Waals surface area contributed by atoms with Crippen LogP contribution >= 0.6 is 11.3 Å². The summed E-state index contributed by atoms with van der Waals surface area (Å²) in [6.07, 6.45) is 1.14. The fourth-order valence-corrected chi connectivity index (χ4v) is 3.54. The van der Waals surface area contributed by atoms with Crippen LogP contribution < -0.4 is 10.5 Å². The van der Waals surface area contributed by atoms with Crippen molar-refractivity contribution >= 4 is 48.6 Å². The molecule has 25 heavy (non-hydrogen) atoms. The largest absolute Gasteiger partial charge is 0.419 e. The Bertz CT molecular complexity index is 1000. The molecule has 3 N–H and O–H groups in total. The summed E-state index contributed by atoms with van der Waals surface area (Å²) in [6.45, 7) is 2.90. The van der Waals surface area contributed by atoms with Crippen molar-refractivity contribution < 1.29 is 27.5 Å². The molecule has 2 aromatic rings. The van der Waals surface area contributed by atoms with E-state index in [4.69, 9.17) is 14.6 Å². The summed E-state index contributed by atoms with van der Waals surface area (Å²) in [4.78, 5) is 27.9. The number of nitrogens with zero attached hydrogens (tertiary/aromatic N) is 1. The number of rotatable bonds is 3. The summed E-state index contributed by atoms with van der Waals surface area (Å²) in [5.41, 5.74) is 0.233. The van der Waals surface area contributed by atoms with E-state index in [2.05, 4.69) is 10.3 Å². The quantitative estimate of drug-likeness (QED) is 0.456. The average Bonchev–Trinajstić information content (AvgIpc) is 2.85. The molecule has 132 valence electrons. The third-order valence-corrected chi connectivity index (χ3v) is 5.01. The van der Waals surface area contributed by atoms with Crippen molar-refractivity contribution in [1.29, 1.82) is 0 Å². The van der Waals surface area contributed by atoms with Crippen molar-refractivity contribution in [2.45, 2.75) is 24.5 Å². The van der Waals surface area contributed by atoms with E-state index >= 15 is 0 Å². The molecule has 2 heterocycles. The van der Waals surface area contributed by atoms with Gasteiger partial charge in [-0.2, -0.15) is 0 Å². The van der Waals surface area contributed by atoms with E-state index in [9.17, 15) is 18.0 Å². The molecule has 1 saturated heterocycles. The summed E-state index contributed by atoms with van der Waals surface area (Å²) < 4.78 is 33.3. The van der Waals surface area contributed by atoms with Crippen molar-refractivity contribution in [1.82, 2.24) is 4.98 Å². The maximum atomic E-state index is 11.8. The molecule has 0 radical (unpaired) electrons. The normalized spacial score (nSPS) is 17.2. The number of cyclic esters (lactones) is 2. The third kappa shape index (κ3) is 3.62. The fourth-order valence-electron chi connectivity index (χ4n) is 2.06. The van der Waals surface area contributed by atoms with Crippen molar-refractivity contribution in [3.05, 3.63) is 30.0 Å². The number of nitrogens with two attached hydrogens (primary N) is 1. The number of fused-ring (bicyclic) bond motifs is 1. The Kier molecular flexibility index (Phi) is 4.01. The van der Waals surface area contributed by atoms with Gasteiger partial charge in [0.2, 0.25) is 10.0 Å². The van der Waals surface area contributed by atoms with Crippen molar-refractivity contribution in [3.63, 3.8) is 0 Å². The predicted octanol–water partition coefficient (Wildman–Crippen LogP) is 1.08. The number of carbonyl (C=O) groups is 2. The molecule has 1 aromatic heterocycles. The molecule has 3 rings (SSSR count). The Labute approximate surface area is 146 Å². The molecular formula is C14H13N3O6S2. The number of hydrogen-bond acceptors (Lipinski definition) is 9. The first kappa shape index (κ1) is 17.3. The van der Waals surface area contributed by atoms with Gasteiger partial charge in [0.25, 0.3) is 5.79 Å². The molecule has 0 aliphatic carbocycles. The number of sulfonamides is 1. The topological polar surface area (TPSA) is 138 Å². The van der Waals surface area contributed by atoms with Crippen molar-refractivity contribution in [2.24, 2.45) is 5.14 Å². The van der Waals surface area contributed by atoms with Crippen LogP contribution in [-0.2, 0) is 29.1 Å². The lowest BCUT2D eigenvalue weighted by molar-refractivity contribution is -0.222. The highest BCUT2D eigenvalue weighted by molar-refractivity contribution is 7.89. The lowest BCUT2D eigenvalue weighted by atomic mass is 10.2. The van der Waals surface area contributed by atoms with Gasteiger partial charge in [0.15, 0.2) is 10.7 Å². The summed E-state index contributed by atoms with van der Waals surface area (Å²) >= 11 is 1.13. The fraction of sp³-hybridized carbons (Fsp3) is 0.214. The lowest BCUT2D eigenvalue weighted by Gasteiger charge is -2.29. The van der Waals surface area contributed by atoms with Crippen LogP contribution in [0.2, 0.25) is 0 Å². The van der Waals surface area contributed by atoms with Crippen LogP contribution in [0.1, 0.15) is 13.8 Å². The molecule has 1 aliphatic rings. The van der Waals surface area contributed by atoms with Crippen LogP contribution in [-0.4, -0.2) is 31.1 Å². The monoisotopic (exact) mass is 383 g/mol. The lowest BCUT2D eigenvalue weighted by Crippen LogP contribution is -2.42. The number of primary sulfonamides is 1. The highest BCUT2D eigenvalue weighted by Gasteiger charge is 2.39. The number of ether oxygens (including phenoxy) is 2. The van der Waals surface area contributed by atoms with Gasteiger partial charge in [-0.1, -0.05) is 11.3 Å². The number of thiazole rings is 1. The van der Waals surface area contributed by atoms with Crippen LogP contribution in [0.25, 0.3) is 10.2 Å². The Balaban J connectivity index is 1.86. The van der Waals surface area contributed by atoms with Gasteiger partial charge >= 0.3 is 11.9 Å². The zero-order chi connectivity index (χ0) is 18.4. The first-order chi connectivity index (χ1) is 11.5. The van der Waals surface area contributed by atoms with Gasteiger partial charge in [-0.05, 0) is 18.2 Å². The van der Waals surface area contributed by atoms with E-state index < -0.39 is 27.7 Å². The van der Waals surface area contributed by atoms with E-state index in [0.717, 1.165) is 17.5 Å². The molecule has 11 heteroatoms. The first-order valence-corrected chi connectivity index (χ1v) is 9.28. The van der Waals surface area contributed by atoms with Crippen molar-refractivity contribution in [3.8, 4) is 0 Å².